The first-order valence-corrected chi connectivity index (χ1v) is 6.72. The number of hydrogen-bond acceptors (Lipinski definition) is 3. The van der Waals surface area contributed by atoms with E-state index in [1.165, 1.54) is 0 Å². The Labute approximate surface area is 128 Å². The highest BCUT2D eigenvalue weighted by Crippen LogP contribution is 2.25. The number of halogens is 2. The standard InChI is InChI=1S/C13H19BrN2O2.ClH/c1-9(2)18-12-7-10(14)6-11(8-12)16-13(17)4-5-15-3;/h6-9,15H,4-5H2,1-3H3,(H,16,17);1H. The van der Waals surface area contributed by atoms with Crippen LogP contribution in [0.5, 0.6) is 5.75 Å². The molecule has 1 rings (SSSR count). The molecule has 1 amide bonds. The molecule has 0 unspecified atom stereocenters. The van der Waals surface area contributed by atoms with Gasteiger partial charge in [-0.25, -0.2) is 0 Å². The average molecular weight is 352 g/mol. The van der Waals surface area contributed by atoms with Gasteiger partial charge in [0.2, 0.25) is 5.91 Å². The lowest BCUT2D eigenvalue weighted by Crippen LogP contribution is -2.18. The van der Waals surface area contributed by atoms with Gasteiger partial charge in [0, 0.05) is 29.2 Å². The molecule has 0 aromatic heterocycles. The van der Waals surface area contributed by atoms with E-state index < -0.39 is 0 Å². The maximum absolute atomic E-state index is 11.6. The summed E-state index contributed by atoms with van der Waals surface area (Å²) in [6.45, 7) is 4.59. The second-order valence-electron chi connectivity index (χ2n) is 4.24. The van der Waals surface area contributed by atoms with E-state index in [1.807, 2.05) is 39.1 Å². The minimum atomic E-state index is -0.0158. The second kappa shape index (κ2) is 9.18. The van der Waals surface area contributed by atoms with E-state index >= 15 is 0 Å². The predicted octanol–water partition coefficient (Wildman–Crippen LogP) is 3.21. The monoisotopic (exact) mass is 350 g/mol. The Morgan fingerprint density at radius 2 is 2.05 bits per heavy atom. The van der Waals surface area contributed by atoms with Crippen LogP contribution in [0.3, 0.4) is 0 Å². The number of amides is 1. The summed E-state index contributed by atoms with van der Waals surface area (Å²) in [6, 6.07) is 5.55. The first-order chi connectivity index (χ1) is 8.51. The zero-order valence-corrected chi connectivity index (χ0v) is 13.7. The van der Waals surface area contributed by atoms with Crippen LogP contribution in [-0.4, -0.2) is 25.6 Å². The number of carbonyl (C=O) groups excluding carboxylic acids is 1. The van der Waals surface area contributed by atoms with Crippen LogP contribution in [0.4, 0.5) is 5.69 Å². The summed E-state index contributed by atoms with van der Waals surface area (Å²) in [4.78, 5) is 11.6. The van der Waals surface area contributed by atoms with E-state index in [2.05, 4.69) is 26.6 Å². The molecular formula is C13H20BrClN2O2. The first-order valence-electron chi connectivity index (χ1n) is 5.93. The van der Waals surface area contributed by atoms with E-state index in [-0.39, 0.29) is 24.4 Å². The number of carbonyl (C=O) groups is 1. The third-order valence-electron chi connectivity index (χ3n) is 2.13. The summed E-state index contributed by atoms with van der Waals surface area (Å²) in [7, 11) is 1.82. The molecule has 0 bridgehead atoms. The molecule has 0 saturated heterocycles. The van der Waals surface area contributed by atoms with Gasteiger partial charge in [-0.05, 0) is 33.0 Å². The van der Waals surface area contributed by atoms with Crippen molar-refractivity contribution in [1.29, 1.82) is 0 Å². The van der Waals surface area contributed by atoms with Gasteiger partial charge in [-0.3, -0.25) is 4.79 Å². The number of hydrogen-bond donors (Lipinski definition) is 2. The summed E-state index contributed by atoms with van der Waals surface area (Å²) in [5, 5.41) is 5.78. The Morgan fingerprint density at radius 1 is 1.37 bits per heavy atom. The SMILES string of the molecule is CNCCC(=O)Nc1cc(Br)cc(OC(C)C)c1.Cl. The lowest BCUT2D eigenvalue weighted by molar-refractivity contribution is -0.116. The smallest absolute Gasteiger partial charge is 0.225 e. The van der Waals surface area contributed by atoms with E-state index in [0.29, 0.717) is 13.0 Å². The van der Waals surface area contributed by atoms with Gasteiger partial charge in [0.15, 0.2) is 0 Å². The van der Waals surface area contributed by atoms with Gasteiger partial charge in [0.25, 0.3) is 0 Å². The molecule has 108 valence electrons. The highest BCUT2D eigenvalue weighted by atomic mass is 79.9. The topological polar surface area (TPSA) is 50.4 Å². The van der Waals surface area contributed by atoms with Crippen molar-refractivity contribution in [3.8, 4) is 5.75 Å². The zero-order chi connectivity index (χ0) is 13.5. The van der Waals surface area contributed by atoms with Crippen LogP contribution >= 0.6 is 28.3 Å². The molecule has 0 atom stereocenters. The minimum Gasteiger partial charge on any atom is -0.491 e. The molecule has 19 heavy (non-hydrogen) atoms. The van der Waals surface area contributed by atoms with Crippen LogP contribution in [0, 0.1) is 0 Å². The molecule has 2 N–H and O–H groups in total. The van der Waals surface area contributed by atoms with Gasteiger partial charge in [-0.15, -0.1) is 12.4 Å². The Morgan fingerprint density at radius 3 is 2.63 bits per heavy atom. The van der Waals surface area contributed by atoms with Crippen LogP contribution in [0.25, 0.3) is 0 Å². The van der Waals surface area contributed by atoms with Crippen molar-refractivity contribution in [2.75, 3.05) is 18.9 Å². The summed E-state index contributed by atoms with van der Waals surface area (Å²) < 4.78 is 6.48. The fourth-order valence-corrected chi connectivity index (χ4v) is 1.91. The lowest BCUT2D eigenvalue weighted by Gasteiger charge is -2.12. The fraction of sp³-hybridized carbons (Fsp3) is 0.462. The van der Waals surface area contributed by atoms with Gasteiger partial charge in [-0.2, -0.15) is 0 Å². The van der Waals surface area contributed by atoms with E-state index in [4.69, 9.17) is 4.74 Å². The number of anilines is 1. The first kappa shape index (κ1) is 18.2. The van der Waals surface area contributed by atoms with Crippen LogP contribution < -0.4 is 15.4 Å². The Balaban J connectivity index is 0.00000324. The molecule has 0 spiro atoms. The van der Waals surface area contributed by atoms with Crippen LogP contribution in [-0.2, 0) is 4.79 Å². The third-order valence-corrected chi connectivity index (χ3v) is 2.59. The molecule has 0 aliphatic carbocycles. The van der Waals surface area contributed by atoms with Crippen molar-refractivity contribution in [2.24, 2.45) is 0 Å². The third kappa shape index (κ3) is 7.40. The molecule has 4 nitrogen and oxygen atoms in total. The molecule has 0 heterocycles. The molecule has 0 radical (unpaired) electrons. The van der Waals surface area contributed by atoms with Crippen molar-refractivity contribution < 1.29 is 9.53 Å². The van der Waals surface area contributed by atoms with Gasteiger partial charge < -0.3 is 15.4 Å². The molecule has 0 aliphatic rings. The lowest BCUT2D eigenvalue weighted by atomic mass is 10.3. The molecule has 0 fully saturated rings. The quantitative estimate of drug-likeness (QED) is 0.827. The predicted molar refractivity (Wildman–Crippen MR) is 84.3 cm³/mol. The Bertz CT molecular complexity index is 414. The highest BCUT2D eigenvalue weighted by molar-refractivity contribution is 9.10. The van der Waals surface area contributed by atoms with Gasteiger partial charge in [0.05, 0.1) is 6.10 Å². The zero-order valence-electron chi connectivity index (χ0n) is 11.3. The Kier molecular flexibility index (Phi) is 8.80. The largest absolute Gasteiger partial charge is 0.491 e. The normalized spacial score (nSPS) is 9.95. The summed E-state index contributed by atoms with van der Waals surface area (Å²) in [6.07, 6.45) is 0.552. The van der Waals surface area contributed by atoms with Crippen molar-refractivity contribution in [1.82, 2.24) is 5.32 Å². The molecule has 0 saturated carbocycles. The molecule has 6 heteroatoms. The number of benzene rings is 1. The van der Waals surface area contributed by atoms with Crippen LogP contribution in [0.15, 0.2) is 22.7 Å². The molecule has 1 aromatic carbocycles. The molecule has 1 aromatic rings. The molecular weight excluding hydrogens is 332 g/mol. The maximum atomic E-state index is 11.6. The van der Waals surface area contributed by atoms with Gasteiger partial charge in [-0.1, -0.05) is 15.9 Å². The van der Waals surface area contributed by atoms with E-state index in [1.54, 1.807) is 0 Å². The second-order valence-corrected chi connectivity index (χ2v) is 5.16. The summed E-state index contributed by atoms with van der Waals surface area (Å²) >= 11 is 3.40. The minimum absolute atomic E-state index is 0. The van der Waals surface area contributed by atoms with Crippen molar-refractivity contribution in [3.63, 3.8) is 0 Å². The van der Waals surface area contributed by atoms with Crippen molar-refractivity contribution in [3.05, 3.63) is 22.7 Å². The van der Waals surface area contributed by atoms with Crippen LogP contribution in [0.1, 0.15) is 20.3 Å². The molecule has 0 aliphatic heterocycles. The Hall–Kier alpha value is -0.780. The fourth-order valence-electron chi connectivity index (χ4n) is 1.44. The van der Waals surface area contributed by atoms with Gasteiger partial charge in [0.1, 0.15) is 5.75 Å². The number of ether oxygens (including phenoxy) is 1. The van der Waals surface area contributed by atoms with E-state index in [0.717, 1.165) is 15.9 Å². The van der Waals surface area contributed by atoms with E-state index in [9.17, 15) is 4.79 Å². The van der Waals surface area contributed by atoms with Gasteiger partial charge >= 0.3 is 0 Å². The summed E-state index contributed by atoms with van der Waals surface area (Å²) in [5.74, 6) is 0.723. The number of rotatable bonds is 6. The van der Waals surface area contributed by atoms with Crippen LogP contribution in [0.2, 0.25) is 0 Å². The number of nitrogens with one attached hydrogen (secondary N) is 2. The summed E-state index contributed by atoms with van der Waals surface area (Å²) in [5.41, 5.74) is 0.737. The van der Waals surface area contributed by atoms with Crippen molar-refractivity contribution >= 4 is 39.9 Å². The highest BCUT2D eigenvalue weighted by Gasteiger charge is 2.06. The van der Waals surface area contributed by atoms with Crippen molar-refractivity contribution in [2.45, 2.75) is 26.4 Å². The average Bonchev–Trinajstić information content (AvgIpc) is 2.24. The maximum Gasteiger partial charge on any atom is 0.225 e.